The highest BCUT2D eigenvalue weighted by Gasteiger charge is 2.08. The first-order valence-corrected chi connectivity index (χ1v) is 3.97. The van der Waals surface area contributed by atoms with Gasteiger partial charge in [-0.2, -0.15) is 0 Å². The van der Waals surface area contributed by atoms with Crippen LogP contribution < -0.4 is 0 Å². The molecule has 72 valence electrons. The van der Waals surface area contributed by atoms with E-state index in [4.69, 9.17) is 5.11 Å². The Labute approximate surface area is 78.7 Å². The van der Waals surface area contributed by atoms with Gasteiger partial charge in [-0.1, -0.05) is 18.7 Å². The number of carboxylic acids is 1. The van der Waals surface area contributed by atoms with Crippen LogP contribution in [0, 0.1) is 0 Å². The third-order valence-electron chi connectivity index (χ3n) is 1.49. The van der Waals surface area contributed by atoms with Crippen molar-refractivity contribution in [3.05, 3.63) is 37.5 Å². The number of hydrogen-bond acceptors (Lipinski definition) is 2. The maximum atomic E-state index is 10.5. The van der Waals surface area contributed by atoms with Crippen LogP contribution in [0.1, 0.15) is 0 Å². The predicted octanol–water partition coefficient (Wildman–Crippen LogP) is 1.30. The van der Waals surface area contributed by atoms with E-state index >= 15 is 0 Å². The fourth-order valence-electron chi connectivity index (χ4n) is 0.906. The summed E-state index contributed by atoms with van der Waals surface area (Å²) in [4.78, 5) is 12.4. The van der Waals surface area contributed by atoms with Crippen LogP contribution in [0.4, 0.5) is 0 Å². The van der Waals surface area contributed by atoms with E-state index in [0.717, 1.165) is 0 Å². The second-order valence-electron chi connectivity index (χ2n) is 2.68. The average molecular weight is 181 g/mol. The van der Waals surface area contributed by atoms with E-state index in [1.807, 2.05) is 4.90 Å². The Hall–Kier alpha value is -1.35. The lowest BCUT2D eigenvalue weighted by atomic mass is 10.3. The van der Waals surface area contributed by atoms with Crippen LogP contribution in [-0.2, 0) is 4.79 Å². The Morgan fingerprint density at radius 3 is 2.08 bits per heavy atom. The van der Waals surface area contributed by atoms with Crippen molar-refractivity contribution in [2.24, 2.45) is 0 Å². The van der Waals surface area contributed by atoms with Gasteiger partial charge in [0.25, 0.3) is 0 Å². The summed E-state index contributed by atoms with van der Waals surface area (Å²) in [5.74, 6) is -0.960. The quantitative estimate of drug-likeness (QED) is 0.475. The summed E-state index contributed by atoms with van der Waals surface area (Å²) in [6, 6.07) is 0. The Balaban J connectivity index is 4.07. The number of carboxylic acid groups (broad SMARTS) is 1. The van der Waals surface area contributed by atoms with E-state index in [0.29, 0.717) is 19.6 Å². The summed E-state index contributed by atoms with van der Waals surface area (Å²) < 4.78 is 0. The van der Waals surface area contributed by atoms with Crippen LogP contribution in [0.5, 0.6) is 0 Å². The first-order chi connectivity index (χ1) is 6.11. The second-order valence-corrected chi connectivity index (χ2v) is 2.68. The van der Waals surface area contributed by atoms with E-state index in [1.165, 1.54) is 0 Å². The van der Waals surface area contributed by atoms with Gasteiger partial charge in [-0.05, 0) is 0 Å². The molecule has 0 bridgehead atoms. The fourth-order valence-corrected chi connectivity index (χ4v) is 0.906. The number of rotatable bonds is 7. The molecule has 13 heavy (non-hydrogen) atoms. The monoisotopic (exact) mass is 181 g/mol. The lowest BCUT2D eigenvalue weighted by Crippen LogP contribution is -2.28. The molecule has 0 aromatic carbocycles. The van der Waals surface area contributed by atoms with E-state index in [9.17, 15) is 4.79 Å². The number of aliphatic carboxylic acids is 1. The molecule has 0 saturated heterocycles. The molecule has 0 radical (unpaired) electrons. The van der Waals surface area contributed by atoms with Crippen LogP contribution in [0.3, 0.4) is 0 Å². The molecule has 0 amide bonds. The maximum Gasteiger partial charge on any atom is 0.332 e. The third-order valence-corrected chi connectivity index (χ3v) is 1.49. The van der Waals surface area contributed by atoms with Crippen LogP contribution >= 0.6 is 0 Å². The number of nitrogens with zero attached hydrogens (tertiary/aromatic N) is 1. The fraction of sp³-hybridized carbons (Fsp3) is 0.300. The Morgan fingerprint density at radius 1 is 1.31 bits per heavy atom. The van der Waals surface area contributed by atoms with Crippen molar-refractivity contribution in [2.45, 2.75) is 0 Å². The van der Waals surface area contributed by atoms with Gasteiger partial charge in [-0.3, -0.25) is 4.90 Å². The molecule has 0 aromatic rings. The van der Waals surface area contributed by atoms with Gasteiger partial charge in [0, 0.05) is 25.2 Å². The smallest absolute Gasteiger partial charge is 0.332 e. The van der Waals surface area contributed by atoms with Gasteiger partial charge in [0.2, 0.25) is 0 Å². The summed E-state index contributed by atoms with van der Waals surface area (Å²) in [5.41, 5.74) is 0.184. The standard InChI is InChI=1S/C10H15NO2/c1-4-6-11(7-5-2)8-9(3)10(12)13/h4-5H,1-3,6-8H2,(H,12,13). The molecule has 0 spiro atoms. The van der Waals surface area contributed by atoms with E-state index in [2.05, 4.69) is 19.7 Å². The van der Waals surface area contributed by atoms with Gasteiger partial charge >= 0.3 is 5.97 Å². The zero-order chi connectivity index (χ0) is 10.3. The minimum atomic E-state index is -0.960. The van der Waals surface area contributed by atoms with Crippen molar-refractivity contribution in [1.29, 1.82) is 0 Å². The molecular weight excluding hydrogens is 166 g/mol. The van der Waals surface area contributed by atoms with Gasteiger partial charge in [0.15, 0.2) is 0 Å². The summed E-state index contributed by atoms with van der Waals surface area (Å²) >= 11 is 0. The molecule has 0 aromatic heterocycles. The van der Waals surface area contributed by atoms with Crippen molar-refractivity contribution in [3.8, 4) is 0 Å². The minimum Gasteiger partial charge on any atom is -0.478 e. The van der Waals surface area contributed by atoms with E-state index in [-0.39, 0.29) is 5.57 Å². The van der Waals surface area contributed by atoms with Gasteiger partial charge in [0.05, 0.1) is 0 Å². The molecule has 0 rings (SSSR count). The molecule has 0 atom stereocenters. The first-order valence-electron chi connectivity index (χ1n) is 3.97. The summed E-state index contributed by atoms with van der Waals surface area (Å²) in [5, 5.41) is 8.59. The highest BCUT2D eigenvalue weighted by Crippen LogP contribution is 1.97. The van der Waals surface area contributed by atoms with Crippen molar-refractivity contribution < 1.29 is 9.90 Å². The van der Waals surface area contributed by atoms with Crippen molar-refractivity contribution in [1.82, 2.24) is 4.90 Å². The van der Waals surface area contributed by atoms with Crippen molar-refractivity contribution >= 4 is 5.97 Å². The third kappa shape index (κ3) is 4.98. The van der Waals surface area contributed by atoms with E-state index in [1.54, 1.807) is 12.2 Å². The first kappa shape index (κ1) is 11.6. The molecule has 0 aliphatic carbocycles. The largest absolute Gasteiger partial charge is 0.478 e. The molecule has 0 saturated carbocycles. The lowest BCUT2D eigenvalue weighted by molar-refractivity contribution is -0.132. The molecule has 0 heterocycles. The highest BCUT2D eigenvalue weighted by atomic mass is 16.4. The normalized spacial score (nSPS) is 9.62. The van der Waals surface area contributed by atoms with Crippen LogP contribution in [-0.4, -0.2) is 35.6 Å². The Bertz CT molecular complexity index is 211. The highest BCUT2D eigenvalue weighted by molar-refractivity contribution is 5.86. The molecule has 3 nitrogen and oxygen atoms in total. The molecule has 0 aliphatic rings. The van der Waals surface area contributed by atoms with Crippen LogP contribution in [0.15, 0.2) is 37.5 Å². The zero-order valence-electron chi connectivity index (χ0n) is 7.70. The number of carbonyl (C=O) groups is 1. The minimum absolute atomic E-state index is 0.184. The SMILES string of the molecule is C=CCN(CC=C)CC(=C)C(=O)O. The van der Waals surface area contributed by atoms with Crippen molar-refractivity contribution in [3.63, 3.8) is 0 Å². The maximum absolute atomic E-state index is 10.5. The van der Waals surface area contributed by atoms with Crippen LogP contribution in [0.25, 0.3) is 0 Å². The van der Waals surface area contributed by atoms with Gasteiger partial charge < -0.3 is 5.11 Å². The predicted molar refractivity (Wildman–Crippen MR) is 53.6 cm³/mol. The molecule has 0 fully saturated rings. The second kappa shape index (κ2) is 6.20. The lowest BCUT2D eigenvalue weighted by Gasteiger charge is -2.17. The summed E-state index contributed by atoms with van der Waals surface area (Å²) in [6.45, 7) is 12.2. The number of hydrogen-bond donors (Lipinski definition) is 1. The van der Waals surface area contributed by atoms with Crippen LogP contribution in [0.2, 0.25) is 0 Å². The van der Waals surface area contributed by atoms with Gasteiger partial charge in [-0.25, -0.2) is 4.79 Å². The van der Waals surface area contributed by atoms with E-state index < -0.39 is 5.97 Å². The Kier molecular flexibility index (Phi) is 5.55. The van der Waals surface area contributed by atoms with Gasteiger partial charge in [0.1, 0.15) is 0 Å². The summed E-state index contributed by atoms with van der Waals surface area (Å²) in [7, 11) is 0. The topological polar surface area (TPSA) is 40.5 Å². The molecule has 0 unspecified atom stereocenters. The molecule has 1 N–H and O–H groups in total. The van der Waals surface area contributed by atoms with Gasteiger partial charge in [-0.15, -0.1) is 13.2 Å². The Morgan fingerprint density at radius 2 is 1.77 bits per heavy atom. The molecular formula is C10H15NO2. The average Bonchev–Trinajstić information content (AvgIpc) is 2.05. The molecule has 0 aliphatic heterocycles. The molecule has 3 heteroatoms. The van der Waals surface area contributed by atoms with Crippen molar-refractivity contribution in [2.75, 3.05) is 19.6 Å². The summed E-state index contributed by atoms with van der Waals surface area (Å²) in [6.07, 6.45) is 3.44. The zero-order valence-corrected chi connectivity index (χ0v) is 7.70.